The van der Waals surface area contributed by atoms with Gasteiger partial charge in [-0.3, -0.25) is 0 Å². The lowest BCUT2D eigenvalue weighted by molar-refractivity contribution is 0.475. The van der Waals surface area contributed by atoms with E-state index in [1.54, 1.807) is 24.3 Å². The van der Waals surface area contributed by atoms with Crippen LogP contribution in [0.2, 0.25) is 5.02 Å². The van der Waals surface area contributed by atoms with E-state index in [0.29, 0.717) is 26.6 Å². The first-order valence-electron chi connectivity index (χ1n) is 5.19. The van der Waals surface area contributed by atoms with Gasteiger partial charge in [-0.2, -0.15) is 0 Å². The van der Waals surface area contributed by atoms with Crippen LogP contribution in [0.1, 0.15) is 5.56 Å². The molecule has 2 aromatic carbocycles. The first kappa shape index (κ1) is 14.2. The second-order valence-corrected chi connectivity index (χ2v) is 5.50. The van der Waals surface area contributed by atoms with Crippen molar-refractivity contribution in [1.29, 1.82) is 0 Å². The fraction of sp³-hybridized carbons (Fsp3) is 0. The van der Waals surface area contributed by atoms with Crippen molar-refractivity contribution in [2.75, 3.05) is 0 Å². The van der Waals surface area contributed by atoms with Gasteiger partial charge in [-0.1, -0.05) is 39.7 Å². The van der Waals surface area contributed by atoms with Gasteiger partial charge in [0.1, 0.15) is 22.3 Å². The van der Waals surface area contributed by atoms with Crippen molar-refractivity contribution in [3.63, 3.8) is 0 Å². The van der Waals surface area contributed by atoms with Gasteiger partial charge in [0.05, 0.1) is 5.56 Å². The number of rotatable bonds is 3. The molecule has 0 saturated heterocycles. The minimum atomic E-state index is -0.414. The zero-order chi connectivity index (χ0) is 14.0. The van der Waals surface area contributed by atoms with E-state index in [-0.39, 0.29) is 4.99 Å². The first-order chi connectivity index (χ1) is 8.95. The fourth-order valence-corrected chi connectivity index (χ4v) is 2.27. The second kappa shape index (κ2) is 5.86. The quantitative estimate of drug-likeness (QED) is 0.808. The minimum absolute atomic E-state index is 0.183. The predicted molar refractivity (Wildman–Crippen MR) is 81.5 cm³/mol. The smallest absolute Gasteiger partial charge is 0.139 e. The summed E-state index contributed by atoms with van der Waals surface area (Å²) in [6.45, 7) is 0. The van der Waals surface area contributed by atoms with Crippen LogP contribution in [0.15, 0.2) is 40.9 Å². The van der Waals surface area contributed by atoms with E-state index in [9.17, 15) is 4.39 Å². The molecule has 98 valence electrons. The van der Waals surface area contributed by atoms with Gasteiger partial charge in [0.15, 0.2) is 0 Å². The average molecular weight is 361 g/mol. The van der Waals surface area contributed by atoms with Crippen LogP contribution in [0.25, 0.3) is 0 Å². The topological polar surface area (TPSA) is 35.2 Å². The molecule has 0 saturated carbocycles. The van der Waals surface area contributed by atoms with Crippen molar-refractivity contribution in [2.24, 2.45) is 5.73 Å². The van der Waals surface area contributed by atoms with Gasteiger partial charge < -0.3 is 10.5 Å². The highest BCUT2D eigenvalue weighted by Gasteiger charge is 2.09. The van der Waals surface area contributed by atoms with Crippen molar-refractivity contribution in [1.82, 2.24) is 0 Å². The summed E-state index contributed by atoms with van der Waals surface area (Å²) in [7, 11) is 0. The molecular formula is C13H8BrClFNOS. The summed E-state index contributed by atoms with van der Waals surface area (Å²) in [4.78, 5) is 0.183. The molecule has 2 rings (SSSR count). The van der Waals surface area contributed by atoms with Gasteiger partial charge in [0, 0.05) is 21.6 Å². The van der Waals surface area contributed by atoms with E-state index in [1.807, 2.05) is 0 Å². The Bertz CT molecular complexity index is 630. The van der Waals surface area contributed by atoms with Crippen molar-refractivity contribution in [3.05, 3.63) is 57.3 Å². The summed E-state index contributed by atoms with van der Waals surface area (Å²) in [5.74, 6) is 0.299. The molecule has 0 aliphatic heterocycles. The van der Waals surface area contributed by atoms with Crippen LogP contribution in [0, 0.1) is 5.82 Å². The zero-order valence-corrected chi connectivity index (χ0v) is 12.7. The van der Waals surface area contributed by atoms with Crippen LogP contribution >= 0.6 is 39.7 Å². The number of hydrogen-bond donors (Lipinski definition) is 1. The van der Waals surface area contributed by atoms with Gasteiger partial charge in [0.25, 0.3) is 0 Å². The van der Waals surface area contributed by atoms with Gasteiger partial charge in [-0.15, -0.1) is 0 Å². The van der Waals surface area contributed by atoms with E-state index >= 15 is 0 Å². The molecule has 2 N–H and O–H groups in total. The summed E-state index contributed by atoms with van der Waals surface area (Å²) in [5, 5.41) is 0.477. The Labute approximate surface area is 128 Å². The van der Waals surface area contributed by atoms with Gasteiger partial charge in [0.2, 0.25) is 0 Å². The Kier molecular flexibility index (Phi) is 4.39. The molecule has 0 heterocycles. The number of ether oxygens (including phenoxy) is 1. The highest BCUT2D eigenvalue weighted by atomic mass is 79.9. The Morgan fingerprint density at radius 2 is 2.00 bits per heavy atom. The molecule has 0 aliphatic rings. The Hall–Kier alpha value is -1.17. The molecule has 0 unspecified atom stereocenters. The molecule has 6 heteroatoms. The van der Waals surface area contributed by atoms with Crippen LogP contribution in [0.4, 0.5) is 4.39 Å². The van der Waals surface area contributed by atoms with Crippen LogP contribution in [-0.4, -0.2) is 4.99 Å². The van der Waals surface area contributed by atoms with E-state index < -0.39 is 5.82 Å². The number of hydrogen-bond acceptors (Lipinski definition) is 2. The largest absolute Gasteiger partial charge is 0.456 e. The van der Waals surface area contributed by atoms with Gasteiger partial charge in [-0.05, 0) is 24.3 Å². The molecule has 0 radical (unpaired) electrons. The SMILES string of the molecule is NC(=S)c1ccc(Cl)cc1Oc1cc(F)cc(Br)c1. The lowest BCUT2D eigenvalue weighted by Gasteiger charge is -2.11. The second-order valence-electron chi connectivity index (χ2n) is 3.71. The van der Waals surface area contributed by atoms with Gasteiger partial charge in [-0.25, -0.2) is 4.39 Å². The highest BCUT2D eigenvalue weighted by Crippen LogP contribution is 2.30. The highest BCUT2D eigenvalue weighted by molar-refractivity contribution is 9.10. The first-order valence-corrected chi connectivity index (χ1v) is 6.77. The van der Waals surface area contributed by atoms with E-state index in [0.717, 1.165) is 0 Å². The molecule has 0 atom stereocenters. The van der Waals surface area contributed by atoms with Crippen LogP contribution in [-0.2, 0) is 0 Å². The van der Waals surface area contributed by atoms with Crippen molar-refractivity contribution in [3.8, 4) is 11.5 Å². The van der Waals surface area contributed by atoms with E-state index in [2.05, 4.69) is 15.9 Å². The summed E-state index contributed by atoms with van der Waals surface area (Å²) in [6, 6.07) is 9.12. The van der Waals surface area contributed by atoms with E-state index in [1.165, 1.54) is 12.1 Å². The average Bonchev–Trinajstić information content (AvgIpc) is 2.26. The molecule has 0 bridgehead atoms. The molecule has 2 aromatic rings. The number of nitrogens with two attached hydrogens (primary N) is 1. The summed E-state index contributed by atoms with van der Waals surface area (Å²) < 4.78 is 19.4. The molecule has 0 amide bonds. The fourth-order valence-electron chi connectivity index (χ4n) is 1.50. The van der Waals surface area contributed by atoms with Crippen molar-refractivity contribution in [2.45, 2.75) is 0 Å². The Balaban J connectivity index is 2.42. The van der Waals surface area contributed by atoms with Crippen LogP contribution in [0.5, 0.6) is 11.5 Å². The van der Waals surface area contributed by atoms with Crippen LogP contribution in [0.3, 0.4) is 0 Å². The lowest BCUT2D eigenvalue weighted by Crippen LogP contribution is -2.10. The molecule has 0 spiro atoms. The molecular weight excluding hydrogens is 353 g/mol. The van der Waals surface area contributed by atoms with Gasteiger partial charge >= 0.3 is 0 Å². The predicted octanol–water partition coefficient (Wildman–Crippen LogP) is 4.67. The molecule has 19 heavy (non-hydrogen) atoms. The van der Waals surface area contributed by atoms with E-state index in [4.69, 9.17) is 34.3 Å². The molecule has 0 aromatic heterocycles. The Morgan fingerprint density at radius 1 is 1.26 bits per heavy atom. The maximum atomic E-state index is 13.3. The minimum Gasteiger partial charge on any atom is -0.456 e. The molecule has 0 aliphatic carbocycles. The maximum absolute atomic E-state index is 13.3. The standard InChI is InChI=1S/C13H8BrClFNOS/c14-7-3-9(16)6-10(4-7)18-12-5-8(15)1-2-11(12)13(17)19/h1-6H,(H2,17,19). The van der Waals surface area contributed by atoms with Crippen LogP contribution < -0.4 is 10.5 Å². The normalized spacial score (nSPS) is 10.3. The number of thiocarbonyl (C=S) groups is 1. The Morgan fingerprint density at radius 3 is 2.63 bits per heavy atom. The summed E-state index contributed by atoms with van der Waals surface area (Å²) in [6.07, 6.45) is 0. The number of benzene rings is 2. The third-order valence-electron chi connectivity index (χ3n) is 2.27. The number of halogens is 3. The van der Waals surface area contributed by atoms with Crippen molar-refractivity contribution >= 4 is 44.7 Å². The maximum Gasteiger partial charge on any atom is 0.139 e. The molecule has 2 nitrogen and oxygen atoms in total. The third-order valence-corrected chi connectivity index (χ3v) is 3.19. The zero-order valence-electron chi connectivity index (χ0n) is 9.49. The summed E-state index contributed by atoms with van der Waals surface area (Å²) in [5.41, 5.74) is 6.14. The third kappa shape index (κ3) is 3.65. The summed E-state index contributed by atoms with van der Waals surface area (Å²) >= 11 is 14.0. The van der Waals surface area contributed by atoms with Crippen molar-refractivity contribution < 1.29 is 9.13 Å². The lowest BCUT2D eigenvalue weighted by atomic mass is 10.2. The monoisotopic (exact) mass is 359 g/mol. The molecule has 0 fully saturated rings.